The van der Waals surface area contributed by atoms with E-state index in [0.717, 1.165) is 0 Å². The van der Waals surface area contributed by atoms with Gasteiger partial charge in [-0.25, -0.2) is 8.42 Å². The highest BCUT2D eigenvalue weighted by Crippen LogP contribution is 2.26. The number of carbonyl (C=O) groups excluding carboxylic acids is 1. The number of hydrogen-bond acceptors (Lipinski definition) is 5. The molecule has 0 N–H and O–H groups in total. The standard InChI is InChI=1S/C18H21NO5S/c1-2-23-17-8-4-3-7-16(17)18(20)19(12-15-6-5-10-24-15)14-9-11-25(21,22)13-14/h3-8,10,14H,2,9,11-13H2,1H3/t14-/m0/s1. The van der Waals surface area contributed by atoms with Gasteiger partial charge in [0.25, 0.3) is 5.91 Å². The third kappa shape index (κ3) is 4.04. The highest BCUT2D eigenvalue weighted by Gasteiger charge is 2.36. The van der Waals surface area contributed by atoms with Gasteiger partial charge in [0.05, 0.1) is 36.5 Å². The molecule has 0 unspecified atom stereocenters. The van der Waals surface area contributed by atoms with Gasteiger partial charge in [0.15, 0.2) is 9.84 Å². The monoisotopic (exact) mass is 363 g/mol. The molecular weight excluding hydrogens is 342 g/mol. The lowest BCUT2D eigenvalue weighted by Crippen LogP contribution is -2.40. The third-order valence-corrected chi connectivity index (χ3v) is 5.98. The molecule has 0 saturated carbocycles. The first kappa shape index (κ1) is 17.5. The van der Waals surface area contributed by atoms with E-state index in [4.69, 9.17) is 9.15 Å². The minimum atomic E-state index is -3.11. The lowest BCUT2D eigenvalue weighted by molar-refractivity contribution is 0.0662. The largest absolute Gasteiger partial charge is 0.493 e. The van der Waals surface area contributed by atoms with Crippen LogP contribution in [0.4, 0.5) is 0 Å². The Balaban J connectivity index is 1.92. The fourth-order valence-electron chi connectivity index (χ4n) is 3.04. The molecule has 1 saturated heterocycles. The van der Waals surface area contributed by atoms with Crippen molar-refractivity contribution in [3.05, 3.63) is 54.0 Å². The number of ether oxygens (including phenoxy) is 1. The van der Waals surface area contributed by atoms with Crippen LogP contribution < -0.4 is 4.74 Å². The van der Waals surface area contributed by atoms with Crippen LogP contribution in [-0.2, 0) is 16.4 Å². The molecule has 2 aromatic rings. The second-order valence-corrected chi connectivity index (χ2v) is 8.23. The molecule has 0 radical (unpaired) electrons. The van der Waals surface area contributed by atoms with Gasteiger partial charge in [-0.2, -0.15) is 0 Å². The Hall–Kier alpha value is -2.28. The number of benzene rings is 1. The minimum Gasteiger partial charge on any atom is -0.493 e. The summed E-state index contributed by atoms with van der Waals surface area (Å²) in [5.41, 5.74) is 0.431. The molecule has 134 valence electrons. The number of rotatable bonds is 6. The Morgan fingerprint density at radius 2 is 2.08 bits per heavy atom. The SMILES string of the molecule is CCOc1ccccc1C(=O)N(Cc1ccco1)[C@H]1CCS(=O)(=O)C1. The van der Waals surface area contributed by atoms with Crippen molar-refractivity contribution in [3.8, 4) is 5.75 Å². The van der Waals surface area contributed by atoms with E-state index in [1.165, 1.54) is 6.26 Å². The summed E-state index contributed by atoms with van der Waals surface area (Å²) >= 11 is 0. The molecule has 3 rings (SSSR count). The molecule has 1 fully saturated rings. The molecule has 1 atom stereocenters. The maximum Gasteiger partial charge on any atom is 0.258 e. The van der Waals surface area contributed by atoms with Gasteiger partial charge in [-0.15, -0.1) is 0 Å². The zero-order valence-corrected chi connectivity index (χ0v) is 14.9. The molecule has 7 heteroatoms. The van der Waals surface area contributed by atoms with Crippen LogP contribution in [0.25, 0.3) is 0 Å². The van der Waals surface area contributed by atoms with E-state index in [2.05, 4.69) is 0 Å². The summed E-state index contributed by atoms with van der Waals surface area (Å²) in [6.07, 6.45) is 1.98. The van der Waals surface area contributed by atoms with Gasteiger partial charge >= 0.3 is 0 Å². The fourth-order valence-corrected chi connectivity index (χ4v) is 4.77. The zero-order valence-electron chi connectivity index (χ0n) is 14.1. The average molecular weight is 363 g/mol. The van der Waals surface area contributed by atoms with Crippen molar-refractivity contribution >= 4 is 15.7 Å². The van der Waals surface area contributed by atoms with E-state index < -0.39 is 9.84 Å². The van der Waals surface area contributed by atoms with Crippen LogP contribution in [0.3, 0.4) is 0 Å². The summed E-state index contributed by atoms with van der Waals surface area (Å²) in [6.45, 7) is 2.53. The number of nitrogens with zero attached hydrogens (tertiary/aromatic N) is 1. The predicted octanol–water partition coefficient (Wildman–Crippen LogP) is 2.51. The molecule has 0 aliphatic carbocycles. The van der Waals surface area contributed by atoms with Gasteiger partial charge in [0, 0.05) is 6.04 Å². The van der Waals surface area contributed by atoms with Crippen LogP contribution in [0.2, 0.25) is 0 Å². The molecule has 1 aliphatic rings. The molecule has 1 aliphatic heterocycles. The summed E-state index contributed by atoms with van der Waals surface area (Å²) in [6, 6.07) is 10.2. The highest BCUT2D eigenvalue weighted by molar-refractivity contribution is 7.91. The van der Waals surface area contributed by atoms with E-state index in [-0.39, 0.29) is 30.0 Å². The number of hydrogen-bond donors (Lipinski definition) is 0. The Bertz CT molecular complexity index is 829. The molecule has 0 bridgehead atoms. The maximum absolute atomic E-state index is 13.2. The van der Waals surface area contributed by atoms with Crippen LogP contribution in [0.1, 0.15) is 29.5 Å². The van der Waals surface area contributed by atoms with Crippen molar-refractivity contribution < 1.29 is 22.4 Å². The first-order valence-corrected chi connectivity index (χ1v) is 10.1. The van der Waals surface area contributed by atoms with Gasteiger partial charge < -0.3 is 14.1 Å². The van der Waals surface area contributed by atoms with Gasteiger partial charge in [-0.1, -0.05) is 12.1 Å². The molecule has 25 heavy (non-hydrogen) atoms. The maximum atomic E-state index is 13.2. The second-order valence-electron chi connectivity index (χ2n) is 6.00. The quantitative estimate of drug-likeness (QED) is 0.788. The van der Waals surface area contributed by atoms with Crippen LogP contribution in [0.5, 0.6) is 5.75 Å². The average Bonchev–Trinajstić information content (AvgIpc) is 3.22. The Kier molecular flexibility index (Phi) is 5.13. The summed E-state index contributed by atoms with van der Waals surface area (Å²) < 4.78 is 34.7. The summed E-state index contributed by atoms with van der Waals surface area (Å²) in [5, 5.41) is 0. The van der Waals surface area contributed by atoms with Gasteiger partial charge in [-0.05, 0) is 37.6 Å². The lowest BCUT2D eigenvalue weighted by Gasteiger charge is -2.28. The van der Waals surface area contributed by atoms with E-state index in [1.54, 1.807) is 41.3 Å². The van der Waals surface area contributed by atoms with Crippen molar-refractivity contribution in [3.63, 3.8) is 0 Å². The second kappa shape index (κ2) is 7.31. The first-order chi connectivity index (χ1) is 12.0. The zero-order chi connectivity index (χ0) is 17.9. The van der Waals surface area contributed by atoms with Gasteiger partial charge in [0.1, 0.15) is 11.5 Å². The predicted molar refractivity (Wildman–Crippen MR) is 93.3 cm³/mol. The lowest BCUT2D eigenvalue weighted by atomic mass is 10.1. The summed E-state index contributed by atoms with van der Waals surface area (Å²) in [7, 11) is -3.11. The number of furan rings is 1. The van der Waals surface area contributed by atoms with Crippen molar-refractivity contribution in [1.29, 1.82) is 0 Å². The number of amides is 1. The Labute approximate surface area is 147 Å². The van der Waals surface area contributed by atoms with Crippen molar-refractivity contribution in [1.82, 2.24) is 4.90 Å². The van der Waals surface area contributed by atoms with Crippen LogP contribution in [-0.4, -0.2) is 43.4 Å². The Morgan fingerprint density at radius 1 is 1.28 bits per heavy atom. The van der Waals surface area contributed by atoms with Crippen LogP contribution >= 0.6 is 0 Å². The summed E-state index contributed by atoms with van der Waals surface area (Å²) in [4.78, 5) is 14.8. The molecule has 1 aromatic carbocycles. The van der Waals surface area contributed by atoms with E-state index >= 15 is 0 Å². The van der Waals surface area contributed by atoms with Crippen molar-refractivity contribution in [2.24, 2.45) is 0 Å². The summed E-state index contributed by atoms with van der Waals surface area (Å²) in [5.74, 6) is 0.956. The number of para-hydroxylation sites is 1. The molecule has 2 heterocycles. The normalized spacial score (nSPS) is 18.8. The van der Waals surface area contributed by atoms with E-state index in [0.29, 0.717) is 30.1 Å². The molecule has 1 aromatic heterocycles. The van der Waals surface area contributed by atoms with Crippen LogP contribution in [0.15, 0.2) is 47.1 Å². The molecular formula is C18H21NO5S. The topological polar surface area (TPSA) is 76.8 Å². The minimum absolute atomic E-state index is 0.0176. The fraction of sp³-hybridized carbons (Fsp3) is 0.389. The van der Waals surface area contributed by atoms with Crippen molar-refractivity contribution in [2.45, 2.75) is 25.9 Å². The smallest absolute Gasteiger partial charge is 0.258 e. The highest BCUT2D eigenvalue weighted by atomic mass is 32.2. The van der Waals surface area contributed by atoms with E-state index in [1.807, 2.05) is 6.92 Å². The van der Waals surface area contributed by atoms with Crippen molar-refractivity contribution in [2.75, 3.05) is 18.1 Å². The Morgan fingerprint density at radius 3 is 2.72 bits per heavy atom. The van der Waals surface area contributed by atoms with E-state index in [9.17, 15) is 13.2 Å². The molecule has 0 spiro atoms. The third-order valence-electron chi connectivity index (χ3n) is 4.23. The number of sulfone groups is 1. The molecule has 1 amide bonds. The van der Waals surface area contributed by atoms with Gasteiger partial charge in [0.2, 0.25) is 0 Å². The molecule has 6 nitrogen and oxygen atoms in total. The van der Waals surface area contributed by atoms with Gasteiger partial charge in [-0.3, -0.25) is 4.79 Å². The first-order valence-electron chi connectivity index (χ1n) is 8.26. The number of carbonyl (C=O) groups is 1. The van der Waals surface area contributed by atoms with Crippen LogP contribution in [0, 0.1) is 0 Å².